The van der Waals surface area contributed by atoms with Gasteiger partial charge in [-0.15, -0.1) is 0 Å². The highest BCUT2D eigenvalue weighted by Crippen LogP contribution is 2.34. The van der Waals surface area contributed by atoms with Gasteiger partial charge >= 0.3 is 5.97 Å². The number of ether oxygens (including phenoxy) is 2. The third-order valence-corrected chi connectivity index (χ3v) is 4.85. The number of anilines is 1. The van der Waals surface area contributed by atoms with E-state index < -0.39 is 0 Å². The predicted molar refractivity (Wildman–Crippen MR) is 99.2 cm³/mol. The fourth-order valence-corrected chi connectivity index (χ4v) is 3.48. The first kappa shape index (κ1) is 18.2. The number of rotatable bonds is 5. The van der Waals surface area contributed by atoms with Crippen molar-refractivity contribution in [3.05, 3.63) is 42.0 Å². The van der Waals surface area contributed by atoms with Crippen molar-refractivity contribution in [2.75, 3.05) is 32.3 Å². The van der Waals surface area contributed by atoms with Crippen molar-refractivity contribution in [3.63, 3.8) is 0 Å². The molecule has 0 radical (unpaired) electrons. The number of phenolic OH excluding ortho intramolecular Hbond substituents is 1. The molecule has 3 rings (SSSR count). The number of hydrogen-bond donors (Lipinski definition) is 1. The summed E-state index contributed by atoms with van der Waals surface area (Å²) in [5, 5.41) is 10.4. The van der Waals surface area contributed by atoms with E-state index in [1.807, 2.05) is 43.3 Å². The molecule has 0 spiro atoms. The summed E-state index contributed by atoms with van der Waals surface area (Å²) in [7, 11) is 3.06. The molecule has 0 saturated carbocycles. The van der Waals surface area contributed by atoms with Gasteiger partial charge in [0.25, 0.3) is 0 Å². The molecule has 0 bridgehead atoms. The molecule has 1 fully saturated rings. The smallest absolute Gasteiger partial charge is 0.310 e. The third kappa shape index (κ3) is 3.51. The second-order valence-corrected chi connectivity index (χ2v) is 6.57. The molecule has 1 aliphatic heterocycles. The largest absolute Gasteiger partial charge is 0.507 e. The normalized spacial score (nSPS) is 19.6. The van der Waals surface area contributed by atoms with Crippen LogP contribution in [0.25, 0.3) is 11.3 Å². The van der Waals surface area contributed by atoms with E-state index in [4.69, 9.17) is 14.5 Å². The number of benzene rings is 1. The Balaban J connectivity index is 1.93. The average molecular weight is 356 g/mol. The number of aromatic nitrogens is 1. The van der Waals surface area contributed by atoms with Crippen LogP contribution < -0.4 is 4.90 Å². The number of carbonyl (C=O) groups excluding carboxylic acids is 1. The van der Waals surface area contributed by atoms with Crippen molar-refractivity contribution in [2.24, 2.45) is 5.92 Å². The lowest BCUT2D eigenvalue weighted by Crippen LogP contribution is -2.33. The van der Waals surface area contributed by atoms with Gasteiger partial charge in [0.1, 0.15) is 11.6 Å². The van der Waals surface area contributed by atoms with Crippen molar-refractivity contribution in [3.8, 4) is 17.0 Å². The first-order valence-electron chi connectivity index (χ1n) is 8.64. The van der Waals surface area contributed by atoms with Crippen LogP contribution in [-0.4, -0.2) is 49.5 Å². The molecule has 2 heterocycles. The molecule has 0 aliphatic carbocycles. The van der Waals surface area contributed by atoms with Gasteiger partial charge in [-0.25, -0.2) is 4.98 Å². The number of hydrogen-bond acceptors (Lipinski definition) is 6. The molecule has 2 aromatic rings. The minimum Gasteiger partial charge on any atom is -0.507 e. The van der Waals surface area contributed by atoms with Crippen LogP contribution in [0.5, 0.6) is 5.75 Å². The second-order valence-electron chi connectivity index (χ2n) is 6.57. The standard InChI is InChI=1S/C20H24N2O4/c1-13-6-4-7-16(19(13)23)17-8-5-9-18(21-17)22-11-14(20(24)26-3)10-15(22)12-25-2/h4-9,14-15,23H,10-12H2,1-3H3/t14?,15-/m1/s1. The number of phenols is 1. The van der Waals surface area contributed by atoms with Crippen LogP contribution in [0.4, 0.5) is 5.82 Å². The van der Waals surface area contributed by atoms with E-state index in [0.29, 0.717) is 30.8 Å². The highest BCUT2D eigenvalue weighted by Gasteiger charge is 2.37. The minimum atomic E-state index is -0.207. The number of pyridine rings is 1. The molecule has 1 saturated heterocycles. The van der Waals surface area contributed by atoms with Gasteiger partial charge in [-0.3, -0.25) is 4.79 Å². The first-order chi connectivity index (χ1) is 12.5. The summed E-state index contributed by atoms with van der Waals surface area (Å²) in [6.07, 6.45) is 0.669. The van der Waals surface area contributed by atoms with Crippen molar-refractivity contribution in [2.45, 2.75) is 19.4 Å². The fraction of sp³-hybridized carbons (Fsp3) is 0.400. The Kier molecular flexibility index (Phi) is 5.42. The monoisotopic (exact) mass is 356 g/mol. The molecule has 1 unspecified atom stereocenters. The van der Waals surface area contributed by atoms with Gasteiger partial charge in [0.2, 0.25) is 0 Å². The Labute approximate surface area is 153 Å². The zero-order chi connectivity index (χ0) is 18.7. The summed E-state index contributed by atoms with van der Waals surface area (Å²) in [6.45, 7) is 2.91. The SMILES string of the molecule is COC[C@H]1CC(C(=O)OC)CN1c1cccc(-c2cccc(C)c2O)n1. The highest BCUT2D eigenvalue weighted by molar-refractivity contribution is 5.75. The molecule has 26 heavy (non-hydrogen) atoms. The van der Waals surface area contributed by atoms with Crippen LogP contribution in [0, 0.1) is 12.8 Å². The van der Waals surface area contributed by atoms with Crippen molar-refractivity contribution >= 4 is 11.8 Å². The molecule has 2 atom stereocenters. The number of methoxy groups -OCH3 is 2. The van der Waals surface area contributed by atoms with E-state index in [9.17, 15) is 9.90 Å². The minimum absolute atomic E-state index is 0.0537. The summed E-state index contributed by atoms with van der Waals surface area (Å²) < 4.78 is 10.2. The number of para-hydroxylation sites is 1. The molecular formula is C20H24N2O4. The Morgan fingerprint density at radius 1 is 1.27 bits per heavy atom. The molecule has 1 N–H and O–H groups in total. The first-order valence-corrected chi connectivity index (χ1v) is 8.64. The van der Waals surface area contributed by atoms with E-state index >= 15 is 0 Å². The van der Waals surface area contributed by atoms with E-state index in [2.05, 4.69) is 4.90 Å². The average Bonchev–Trinajstić information content (AvgIpc) is 3.08. The highest BCUT2D eigenvalue weighted by atomic mass is 16.5. The van der Waals surface area contributed by atoms with Gasteiger partial charge in [0.05, 0.1) is 31.4 Å². The lowest BCUT2D eigenvalue weighted by molar-refractivity contribution is -0.144. The van der Waals surface area contributed by atoms with Crippen LogP contribution in [0.15, 0.2) is 36.4 Å². The van der Waals surface area contributed by atoms with Gasteiger partial charge in [0.15, 0.2) is 0 Å². The zero-order valence-corrected chi connectivity index (χ0v) is 15.3. The molecule has 1 aromatic carbocycles. The van der Waals surface area contributed by atoms with Crippen LogP contribution in [-0.2, 0) is 14.3 Å². The molecule has 0 amide bonds. The number of aromatic hydroxyl groups is 1. The van der Waals surface area contributed by atoms with Crippen LogP contribution in [0.3, 0.4) is 0 Å². The summed E-state index contributed by atoms with van der Waals surface area (Å²) in [4.78, 5) is 18.8. The third-order valence-electron chi connectivity index (χ3n) is 4.85. The Morgan fingerprint density at radius 3 is 2.77 bits per heavy atom. The quantitative estimate of drug-likeness (QED) is 0.831. The lowest BCUT2D eigenvalue weighted by atomic mass is 10.1. The molecule has 1 aliphatic rings. The summed E-state index contributed by atoms with van der Waals surface area (Å²) in [6, 6.07) is 11.4. The van der Waals surface area contributed by atoms with E-state index in [-0.39, 0.29) is 23.7 Å². The van der Waals surface area contributed by atoms with Crippen LogP contribution in [0.1, 0.15) is 12.0 Å². The molecular weight excluding hydrogens is 332 g/mol. The maximum absolute atomic E-state index is 12.0. The van der Waals surface area contributed by atoms with E-state index in [1.54, 1.807) is 7.11 Å². The maximum atomic E-state index is 12.0. The molecule has 1 aromatic heterocycles. The Morgan fingerprint density at radius 2 is 2.04 bits per heavy atom. The second kappa shape index (κ2) is 7.74. The van der Waals surface area contributed by atoms with Gasteiger partial charge in [0, 0.05) is 19.2 Å². The molecule has 6 heteroatoms. The number of aryl methyl sites for hydroxylation is 1. The van der Waals surface area contributed by atoms with Gasteiger partial charge in [-0.05, 0) is 37.1 Å². The molecule has 138 valence electrons. The predicted octanol–water partition coefficient (Wildman–Crippen LogP) is 2.78. The van der Waals surface area contributed by atoms with E-state index in [0.717, 1.165) is 11.4 Å². The number of nitrogens with zero attached hydrogens (tertiary/aromatic N) is 2. The fourth-order valence-electron chi connectivity index (χ4n) is 3.48. The van der Waals surface area contributed by atoms with Gasteiger partial charge in [-0.2, -0.15) is 0 Å². The Hall–Kier alpha value is -2.60. The van der Waals surface area contributed by atoms with Crippen molar-refractivity contribution in [1.82, 2.24) is 4.98 Å². The number of carbonyl (C=O) groups is 1. The van der Waals surface area contributed by atoms with E-state index in [1.165, 1.54) is 7.11 Å². The summed E-state index contributed by atoms with van der Waals surface area (Å²) in [5.41, 5.74) is 2.19. The van der Waals surface area contributed by atoms with Gasteiger partial charge < -0.3 is 19.5 Å². The van der Waals surface area contributed by atoms with Crippen LogP contribution >= 0.6 is 0 Å². The topological polar surface area (TPSA) is 71.9 Å². The Bertz CT molecular complexity index is 793. The summed E-state index contributed by atoms with van der Waals surface area (Å²) >= 11 is 0. The number of esters is 1. The molecule has 6 nitrogen and oxygen atoms in total. The van der Waals surface area contributed by atoms with Gasteiger partial charge in [-0.1, -0.05) is 18.2 Å². The maximum Gasteiger partial charge on any atom is 0.310 e. The zero-order valence-electron chi connectivity index (χ0n) is 15.3. The van der Waals surface area contributed by atoms with Crippen LogP contribution in [0.2, 0.25) is 0 Å². The lowest BCUT2D eigenvalue weighted by Gasteiger charge is -2.25. The summed E-state index contributed by atoms with van der Waals surface area (Å²) in [5.74, 6) is 0.593. The van der Waals surface area contributed by atoms with Crippen molar-refractivity contribution in [1.29, 1.82) is 0 Å². The van der Waals surface area contributed by atoms with Crippen molar-refractivity contribution < 1.29 is 19.4 Å².